The molecule has 10 heteroatoms. The molecule has 2 heterocycles. The van der Waals surface area contributed by atoms with Crippen molar-refractivity contribution in [1.82, 2.24) is 24.5 Å². The maximum Gasteiger partial charge on any atom is 0.181 e. The molecular weight excluding hydrogens is 592 g/mol. The minimum absolute atomic E-state index is 0.243. The third-order valence-electron chi connectivity index (χ3n) is 6.92. The monoisotopic (exact) mass is 620 g/mol. The van der Waals surface area contributed by atoms with Gasteiger partial charge in [-0.2, -0.15) is 0 Å². The third-order valence-corrected chi connectivity index (χ3v) is 10.6. The summed E-state index contributed by atoms with van der Waals surface area (Å²) in [6.45, 7) is 1.52. The molecule has 0 spiro atoms. The Morgan fingerprint density at radius 1 is 0.914 bits per heavy atom. The van der Waals surface area contributed by atoms with E-state index in [1.165, 1.54) is 19.3 Å². The molecule has 2 fully saturated rings. The van der Waals surface area contributed by atoms with E-state index in [0.29, 0.717) is 5.82 Å². The van der Waals surface area contributed by atoms with Gasteiger partial charge in [-0.3, -0.25) is 0 Å². The summed E-state index contributed by atoms with van der Waals surface area (Å²) in [5, 5.41) is 13.0. The SMILES string of the molecule is O=S(=NC(c1ccccc1Br)c1nnnn1C1CCCCC1)(c1ccc(Br)cc1)N1CCCCC1. The second kappa shape index (κ2) is 11.2. The first kappa shape index (κ1) is 25.0. The van der Waals surface area contributed by atoms with Crippen LogP contribution in [0.4, 0.5) is 0 Å². The third kappa shape index (κ3) is 5.40. The van der Waals surface area contributed by atoms with Crippen molar-refractivity contribution in [3.63, 3.8) is 0 Å². The molecule has 0 radical (unpaired) electrons. The molecule has 2 aromatic carbocycles. The Kier molecular flexibility index (Phi) is 8.01. The minimum atomic E-state index is -2.92. The van der Waals surface area contributed by atoms with Crippen molar-refractivity contribution in [2.75, 3.05) is 13.1 Å². The van der Waals surface area contributed by atoms with Crippen molar-refractivity contribution in [2.24, 2.45) is 4.36 Å². The highest BCUT2D eigenvalue weighted by Gasteiger charge is 2.32. The van der Waals surface area contributed by atoms with E-state index in [4.69, 9.17) is 4.36 Å². The molecule has 1 aromatic heterocycles. The van der Waals surface area contributed by atoms with Crippen molar-refractivity contribution in [3.8, 4) is 0 Å². The summed E-state index contributed by atoms with van der Waals surface area (Å²) in [4.78, 5) is 0.719. The van der Waals surface area contributed by atoms with Gasteiger partial charge in [0.05, 0.1) is 10.9 Å². The fourth-order valence-electron chi connectivity index (χ4n) is 5.05. The summed E-state index contributed by atoms with van der Waals surface area (Å²) in [5.74, 6) is 0.658. The maximum atomic E-state index is 15.0. The highest BCUT2D eigenvalue weighted by atomic mass is 79.9. The van der Waals surface area contributed by atoms with Crippen LogP contribution in [0.5, 0.6) is 0 Å². The van der Waals surface area contributed by atoms with E-state index in [9.17, 15) is 4.21 Å². The lowest BCUT2D eigenvalue weighted by molar-refractivity contribution is 0.314. The van der Waals surface area contributed by atoms with Crippen molar-refractivity contribution in [1.29, 1.82) is 0 Å². The van der Waals surface area contributed by atoms with Crippen LogP contribution < -0.4 is 0 Å². The maximum absolute atomic E-state index is 15.0. The average molecular weight is 622 g/mol. The van der Waals surface area contributed by atoms with E-state index in [-0.39, 0.29) is 6.04 Å². The smallest absolute Gasteiger partial charge is 0.181 e. The van der Waals surface area contributed by atoms with Gasteiger partial charge in [0.25, 0.3) is 0 Å². The number of rotatable bonds is 6. The van der Waals surface area contributed by atoms with Crippen LogP contribution in [-0.4, -0.2) is 41.8 Å². The summed E-state index contributed by atoms with van der Waals surface area (Å²) in [6, 6.07) is 15.4. The molecule has 3 aromatic rings. The molecule has 5 rings (SSSR count). The highest BCUT2D eigenvalue weighted by Crippen LogP contribution is 2.37. The van der Waals surface area contributed by atoms with Crippen LogP contribution in [0.15, 0.2) is 66.7 Å². The van der Waals surface area contributed by atoms with E-state index in [1.54, 1.807) is 0 Å². The molecule has 1 saturated heterocycles. The number of tetrazole rings is 1. The van der Waals surface area contributed by atoms with Crippen LogP contribution in [0.3, 0.4) is 0 Å². The first-order valence-electron chi connectivity index (χ1n) is 12.4. The van der Waals surface area contributed by atoms with Crippen LogP contribution in [0.25, 0.3) is 0 Å². The molecule has 35 heavy (non-hydrogen) atoms. The molecule has 2 atom stereocenters. The molecular formula is C25H30Br2N6OS. The topological polar surface area (TPSA) is 76.3 Å². The number of halogens is 2. The van der Waals surface area contributed by atoms with Crippen LogP contribution in [0.2, 0.25) is 0 Å². The number of aromatic nitrogens is 4. The standard InChI is InChI=1S/C25H30Br2N6OS/c26-19-13-15-21(16-14-19)35(34,32-17-7-2-8-18-32)29-24(22-11-5-6-12-23(22)27)25-28-30-31-33(25)20-9-3-1-4-10-20/h5-6,11-16,20,24H,1-4,7-10,17-18H2. The number of piperidine rings is 1. The average Bonchev–Trinajstić information content (AvgIpc) is 3.39. The van der Waals surface area contributed by atoms with Crippen molar-refractivity contribution in [3.05, 3.63) is 68.9 Å². The van der Waals surface area contributed by atoms with Crippen LogP contribution >= 0.6 is 31.9 Å². The predicted molar refractivity (Wildman–Crippen MR) is 144 cm³/mol. The molecule has 7 nitrogen and oxygen atoms in total. The first-order valence-corrected chi connectivity index (χ1v) is 15.4. The molecule has 0 amide bonds. The fraction of sp³-hybridized carbons (Fsp3) is 0.480. The summed E-state index contributed by atoms with van der Waals surface area (Å²) >= 11 is 7.24. The van der Waals surface area contributed by atoms with Crippen molar-refractivity contribution >= 4 is 41.8 Å². The van der Waals surface area contributed by atoms with Gasteiger partial charge in [-0.05, 0) is 72.0 Å². The molecule has 0 N–H and O–H groups in total. The lowest BCUT2D eigenvalue weighted by Crippen LogP contribution is -2.36. The number of benzene rings is 2. The zero-order valence-corrected chi connectivity index (χ0v) is 23.6. The normalized spacial score (nSPS) is 20.3. The molecule has 2 aliphatic rings. The van der Waals surface area contributed by atoms with Crippen molar-refractivity contribution < 1.29 is 4.21 Å². The Morgan fingerprint density at radius 2 is 1.60 bits per heavy atom. The Balaban J connectivity index is 1.70. The first-order chi connectivity index (χ1) is 17.1. The molecule has 1 aliphatic heterocycles. The molecule has 186 valence electrons. The van der Waals surface area contributed by atoms with Gasteiger partial charge in [-0.1, -0.05) is 75.7 Å². The summed E-state index contributed by atoms with van der Waals surface area (Å²) in [7, 11) is -2.92. The second-order valence-electron chi connectivity index (χ2n) is 9.24. The van der Waals surface area contributed by atoms with Gasteiger partial charge in [-0.15, -0.1) is 5.10 Å². The van der Waals surface area contributed by atoms with E-state index in [2.05, 4.69) is 51.7 Å². The Bertz CT molecular complexity index is 1260. The zero-order chi connectivity index (χ0) is 24.3. The fourth-order valence-corrected chi connectivity index (χ4v) is 8.11. The van der Waals surface area contributed by atoms with E-state index in [1.807, 2.05) is 53.2 Å². The Hall–Kier alpha value is -1.62. The molecule has 1 aliphatic carbocycles. The summed E-state index contributed by atoms with van der Waals surface area (Å²) in [6.07, 6.45) is 8.88. The van der Waals surface area contributed by atoms with Gasteiger partial charge in [0.1, 0.15) is 16.0 Å². The van der Waals surface area contributed by atoms with Gasteiger partial charge in [0.2, 0.25) is 0 Å². The molecule has 1 saturated carbocycles. The van der Waals surface area contributed by atoms with Gasteiger partial charge in [0.15, 0.2) is 5.82 Å². The highest BCUT2D eigenvalue weighted by molar-refractivity contribution is 9.10. The van der Waals surface area contributed by atoms with Gasteiger partial charge >= 0.3 is 0 Å². The minimum Gasteiger partial charge on any atom is -0.228 e. The van der Waals surface area contributed by atoms with Gasteiger partial charge < -0.3 is 0 Å². The zero-order valence-electron chi connectivity index (χ0n) is 19.6. The number of nitrogens with zero attached hydrogens (tertiary/aromatic N) is 6. The van der Waals surface area contributed by atoms with E-state index in [0.717, 1.165) is 64.6 Å². The van der Waals surface area contributed by atoms with Crippen molar-refractivity contribution in [2.45, 2.75) is 68.3 Å². The van der Waals surface area contributed by atoms with Crippen LogP contribution in [0.1, 0.15) is 74.8 Å². The van der Waals surface area contributed by atoms with Crippen LogP contribution in [0, 0.1) is 0 Å². The number of hydrogen-bond acceptors (Lipinski definition) is 5. The Labute approximate surface area is 224 Å². The quantitative estimate of drug-likeness (QED) is 0.306. The summed E-state index contributed by atoms with van der Waals surface area (Å²) < 4.78 is 26.1. The van der Waals surface area contributed by atoms with Gasteiger partial charge in [0, 0.05) is 22.0 Å². The van der Waals surface area contributed by atoms with E-state index < -0.39 is 16.0 Å². The lowest BCUT2D eigenvalue weighted by atomic mass is 9.95. The van der Waals surface area contributed by atoms with Gasteiger partial charge in [-0.25, -0.2) is 17.6 Å². The largest absolute Gasteiger partial charge is 0.228 e. The molecule has 0 bridgehead atoms. The molecule has 2 unspecified atom stereocenters. The van der Waals surface area contributed by atoms with E-state index >= 15 is 0 Å². The van der Waals surface area contributed by atoms with Crippen LogP contribution in [-0.2, 0) is 9.92 Å². The Morgan fingerprint density at radius 3 is 2.31 bits per heavy atom. The predicted octanol–water partition coefficient (Wildman–Crippen LogP) is 6.72. The number of hydrogen-bond donors (Lipinski definition) is 0. The summed E-state index contributed by atoms with van der Waals surface area (Å²) in [5.41, 5.74) is 0.918. The lowest BCUT2D eigenvalue weighted by Gasteiger charge is -2.31. The second-order valence-corrected chi connectivity index (χ2v) is 13.2.